The van der Waals surface area contributed by atoms with Crippen LogP contribution in [0, 0.1) is 5.82 Å². The van der Waals surface area contributed by atoms with Gasteiger partial charge in [0.05, 0.1) is 11.6 Å². The van der Waals surface area contributed by atoms with Gasteiger partial charge in [0.25, 0.3) is 0 Å². The third kappa shape index (κ3) is 5.63. The predicted octanol–water partition coefficient (Wildman–Crippen LogP) is 6.05. The molecule has 1 aromatic heterocycles. The molecule has 148 valence electrons. The topological polar surface area (TPSA) is 39.9 Å². The normalized spacial score (nSPS) is 11.0. The SMILES string of the molecule is CCn1c(CCCOc2ccc(Cl)cc2Cl)nnc1SCc1cccc(F)c1. The van der Waals surface area contributed by atoms with Crippen LogP contribution in [-0.4, -0.2) is 21.4 Å². The maximum atomic E-state index is 13.3. The molecule has 0 radical (unpaired) electrons. The zero-order chi connectivity index (χ0) is 19.9. The van der Waals surface area contributed by atoms with Crippen molar-refractivity contribution in [2.24, 2.45) is 0 Å². The second-order valence-corrected chi connectivity index (χ2v) is 7.87. The molecule has 8 heteroatoms. The maximum absolute atomic E-state index is 13.3. The van der Waals surface area contributed by atoms with Crippen molar-refractivity contribution in [3.05, 3.63) is 69.7 Å². The summed E-state index contributed by atoms with van der Waals surface area (Å²) < 4.78 is 21.1. The molecular formula is C20H20Cl2FN3OS. The molecule has 4 nitrogen and oxygen atoms in total. The van der Waals surface area contributed by atoms with Crippen LogP contribution in [0.3, 0.4) is 0 Å². The van der Waals surface area contributed by atoms with E-state index in [4.69, 9.17) is 27.9 Å². The molecule has 2 aromatic carbocycles. The van der Waals surface area contributed by atoms with E-state index in [1.807, 2.05) is 6.07 Å². The molecule has 3 rings (SSSR count). The standard InChI is InChI=1S/C20H20Cl2FN3OS/c1-2-26-19(7-4-10-27-18-9-8-15(21)12-17(18)22)24-25-20(26)28-13-14-5-3-6-16(23)11-14/h3,5-6,8-9,11-12H,2,4,7,10,13H2,1H3. The van der Waals surface area contributed by atoms with E-state index < -0.39 is 0 Å². The van der Waals surface area contributed by atoms with Gasteiger partial charge in [-0.2, -0.15) is 0 Å². The van der Waals surface area contributed by atoms with E-state index in [0.29, 0.717) is 28.2 Å². The number of aromatic nitrogens is 3. The Labute approximate surface area is 178 Å². The Balaban J connectivity index is 1.53. The highest BCUT2D eigenvalue weighted by Gasteiger charge is 2.12. The second kappa shape index (κ2) is 10.1. The smallest absolute Gasteiger partial charge is 0.191 e. The van der Waals surface area contributed by atoms with Crippen LogP contribution >= 0.6 is 35.0 Å². The van der Waals surface area contributed by atoms with Crippen molar-refractivity contribution in [2.45, 2.75) is 37.2 Å². The molecule has 0 spiro atoms. The van der Waals surface area contributed by atoms with Gasteiger partial charge in [-0.25, -0.2) is 4.39 Å². The predicted molar refractivity (Wildman–Crippen MR) is 112 cm³/mol. The first kappa shape index (κ1) is 21.0. The number of aryl methyl sites for hydroxylation is 1. The van der Waals surface area contributed by atoms with Gasteiger partial charge in [-0.3, -0.25) is 0 Å². The van der Waals surface area contributed by atoms with Crippen LogP contribution in [0.4, 0.5) is 4.39 Å². The summed E-state index contributed by atoms with van der Waals surface area (Å²) in [6, 6.07) is 11.8. The van der Waals surface area contributed by atoms with E-state index >= 15 is 0 Å². The quantitative estimate of drug-likeness (QED) is 0.300. The highest BCUT2D eigenvalue weighted by Crippen LogP contribution is 2.28. The maximum Gasteiger partial charge on any atom is 0.191 e. The molecule has 0 aliphatic heterocycles. The van der Waals surface area contributed by atoms with Crippen molar-refractivity contribution < 1.29 is 9.13 Å². The number of thioether (sulfide) groups is 1. The van der Waals surface area contributed by atoms with Gasteiger partial charge in [0.1, 0.15) is 17.4 Å². The number of ether oxygens (including phenoxy) is 1. The van der Waals surface area contributed by atoms with Crippen LogP contribution in [0.2, 0.25) is 10.0 Å². The lowest BCUT2D eigenvalue weighted by Gasteiger charge is -2.09. The van der Waals surface area contributed by atoms with E-state index in [0.717, 1.165) is 35.9 Å². The highest BCUT2D eigenvalue weighted by molar-refractivity contribution is 7.98. The first-order chi connectivity index (χ1) is 13.6. The van der Waals surface area contributed by atoms with E-state index in [1.54, 1.807) is 42.1 Å². The number of hydrogen-bond acceptors (Lipinski definition) is 4. The molecule has 0 aliphatic carbocycles. The Hall–Kier alpha value is -1.76. The molecule has 1 heterocycles. The molecular weight excluding hydrogens is 420 g/mol. The summed E-state index contributed by atoms with van der Waals surface area (Å²) in [6.45, 7) is 3.35. The Kier molecular flexibility index (Phi) is 7.59. The minimum Gasteiger partial charge on any atom is -0.492 e. The second-order valence-electron chi connectivity index (χ2n) is 6.09. The van der Waals surface area contributed by atoms with Crippen LogP contribution in [0.25, 0.3) is 0 Å². The molecule has 0 aliphatic rings. The van der Waals surface area contributed by atoms with Crippen LogP contribution in [-0.2, 0) is 18.7 Å². The average molecular weight is 440 g/mol. The monoisotopic (exact) mass is 439 g/mol. The van der Waals surface area contributed by atoms with Gasteiger partial charge in [0, 0.05) is 23.7 Å². The molecule has 3 aromatic rings. The number of halogens is 3. The van der Waals surface area contributed by atoms with Gasteiger partial charge in [0.15, 0.2) is 5.16 Å². The van der Waals surface area contributed by atoms with E-state index in [9.17, 15) is 4.39 Å². The Bertz CT molecular complexity index is 936. The van der Waals surface area contributed by atoms with Crippen molar-refractivity contribution in [3.8, 4) is 5.75 Å². The number of nitrogens with zero attached hydrogens (tertiary/aromatic N) is 3. The number of hydrogen-bond donors (Lipinski definition) is 0. The molecule has 0 amide bonds. The first-order valence-electron chi connectivity index (χ1n) is 8.94. The van der Waals surface area contributed by atoms with Gasteiger partial charge in [0.2, 0.25) is 0 Å². The van der Waals surface area contributed by atoms with E-state index in [2.05, 4.69) is 21.7 Å². The third-order valence-corrected chi connectivity index (χ3v) is 5.63. The fourth-order valence-electron chi connectivity index (χ4n) is 2.71. The molecule has 0 saturated heterocycles. The largest absolute Gasteiger partial charge is 0.492 e. The summed E-state index contributed by atoms with van der Waals surface area (Å²) >= 11 is 13.6. The summed E-state index contributed by atoms with van der Waals surface area (Å²) in [5, 5.41) is 10.5. The lowest BCUT2D eigenvalue weighted by Crippen LogP contribution is -2.06. The first-order valence-corrected chi connectivity index (χ1v) is 10.7. The van der Waals surface area contributed by atoms with Crippen molar-refractivity contribution in [2.75, 3.05) is 6.61 Å². The zero-order valence-corrected chi connectivity index (χ0v) is 17.7. The van der Waals surface area contributed by atoms with Crippen LogP contribution in [0.1, 0.15) is 24.7 Å². The van der Waals surface area contributed by atoms with Gasteiger partial charge >= 0.3 is 0 Å². The minimum absolute atomic E-state index is 0.225. The van der Waals surface area contributed by atoms with Gasteiger partial charge in [-0.1, -0.05) is 47.1 Å². The van der Waals surface area contributed by atoms with Crippen molar-refractivity contribution in [1.82, 2.24) is 14.8 Å². The summed E-state index contributed by atoms with van der Waals surface area (Å²) in [5.41, 5.74) is 0.922. The van der Waals surface area contributed by atoms with Gasteiger partial charge in [-0.15, -0.1) is 10.2 Å². The molecule has 0 unspecified atom stereocenters. The fraction of sp³-hybridized carbons (Fsp3) is 0.300. The van der Waals surface area contributed by atoms with Crippen molar-refractivity contribution >= 4 is 35.0 Å². The fourth-order valence-corrected chi connectivity index (χ4v) is 4.13. The van der Waals surface area contributed by atoms with Crippen LogP contribution < -0.4 is 4.74 Å². The van der Waals surface area contributed by atoms with Crippen LogP contribution in [0.5, 0.6) is 5.75 Å². The molecule has 0 bridgehead atoms. The highest BCUT2D eigenvalue weighted by atomic mass is 35.5. The molecule has 0 fully saturated rings. The lowest BCUT2D eigenvalue weighted by atomic mass is 10.2. The Morgan fingerprint density at radius 2 is 2.00 bits per heavy atom. The third-order valence-electron chi connectivity index (χ3n) is 4.06. The van der Waals surface area contributed by atoms with Crippen molar-refractivity contribution in [1.29, 1.82) is 0 Å². The van der Waals surface area contributed by atoms with E-state index in [1.165, 1.54) is 6.07 Å². The minimum atomic E-state index is -0.225. The molecule has 0 N–H and O–H groups in total. The zero-order valence-electron chi connectivity index (χ0n) is 15.4. The molecule has 0 saturated carbocycles. The molecule has 0 atom stereocenters. The van der Waals surface area contributed by atoms with Crippen LogP contribution in [0.15, 0.2) is 47.6 Å². The number of rotatable bonds is 9. The van der Waals surface area contributed by atoms with E-state index in [-0.39, 0.29) is 5.82 Å². The Morgan fingerprint density at radius 1 is 1.14 bits per heavy atom. The van der Waals surface area contributed by atoms with Crippen molar-refractivity contribution in [3.63, 3.8) is 0 Å². The summed E-state index contributed by atoms with van der Waals surface area (Å²) in [7, 11) is 0. The summed E-state index contributed by atoms with van der Waals surface area (Å²) in [5.74, 6) is 1.95. The molecule has 28 heavy (non-hydrogen) atoms. The Morgan fingerprint density at radius 3 is 2.75 bits per heavy atom. The lowest BCUT2D eigenvalue weighted by molar-refractivity contribution is 0.309. The summed E-state index contributed by atoms with van der Waals surface area (Å²) in [4.78, 5) is 0. The van der Waals surface area contributed by atoms with Gasteiger partial charge in [-0.05, 0) is 49.2 Å². The summed E-state index contributed by atoms with van der Waals surface area (Å²) in [6.07, 6.45) is 1.53. The number of benzene rings is 2. The van der Waals surface area contributed by atoms with Gasteiger partial charge < -0.3 is 9.30 Å². The average Bonchev–Trinajstić information content (AvgIpc) is 3.07.